The predicted molar refractivity (Wildman–Crippen MR) is 94.8 cm³/mol. The zero-order valence-corrected chi connectivity index (χ0v) is 14.4. The van der Waals surface area contributed by atoms with Gasteiger partial charge in [-0.2, -0.15) is 0 Å². The Labute approximate surface area is 145 Å². The average Bonchev–Trinajstić information content (AvgIpc) is 2.91. The highest BCUT2D eigenvalue weighted by molar-refractivity contribution is 8.00. The van der Waals surface area contributed by atoms with Crippen molar-refractivity contribution in [2.75, 3.05) is 12.4 Å². The smallest absolute Gasteiger partial charge is 0.234 e. The molecule has 3 rings (SSSR count). The van der Waals surface area contributed by atoms with Crippen LogP contribution >= 0.6 is 23.4 Å². The van der Waals surface area contributed by atoms with Crippen LogP contribution in [0, 0.1) is 0 Å². The third-order valence-electron chi connectivity index (χ3n) is 3.72. The van der Waals surface area contributed by atoms with E-state index < -0.39 is 0 Å². The SMILES string of the molecule is CCOc1ccccc1C1SCC(=O)N1Cc1ccc(Cl)cc1. The van der Waals surface area contributed by atoms with Crippen molar-refractivity contribution in [2.24, 2.45) is 0 Å². The third kappa shape index (κ3) is 3.65. The number of carbonyl (C=O) groups excluding carboxylic acids is 1. The lowest BCUT2D eigenvalue weighted by Crippen LogP contribution is -2.27. The number of nitrogens with zero attached hydrogens (tertiary/aromatic N) is 1. The van der Waals surface area contributed by atoms with Crippen LogP contribution in [0.25, 0.3) is 0 Å². The van der Waals surface area contributed by atoms with Crippen molar-refractivity contribution in [3.05, 3.63) is 64.7 Å². The highest BCUT2D eigenvalue weighted by Gasteiger charge is 2.34. The lowest BCUT2D eigenvalue weighted by Gasteiger charge is -2.26. The van der Waals surface area contributed by atoms with Gasteiger partial charge in [0.15, 0.2) is 0 Å². The fraction of sp³-hybridized carbons (Fsp3) is 0.278. The van der Waals surface area contributed by atoms with Crippen LogP contribution in [0.1, 0.15) is 23.4 Å². The van der Waals surface area contributed by atoms with Crippen molar-refractivity contribution >= 4 is 29.3 Å². The zero-order valence-electron chi connectivity index (χ0n) is 12.9. The van der Waals surface area contributed by atoms with E-state index in [9.17, 15) is 4.79 Å². The van der Waals surface area contributed by atoms with Gasteiger partial charge in [0.05, 0.1) is 12.4 Å². The molecule has 1 heterocycles. The fourth-order valence-corrected chi connectivity index (χ4v) is 3.98. The minimum atomic E-state index is -0.0130. The second-order valence-corrected chi connectivity index (χ2v) is 6.79. The van der Waals surface area contributed by atoms with E-state index in [-0.39, 0.29) is 11.3 Å². The van der Waals surface area contributed by atoms with E-state index in [2.05, 4.69) is 0 Å². The van der Waals surface area contributed by atoms with Crippen LogP contribution in [0.15, 0.2) is 48.5 Å². The summed E-state index contributed by atoms with van der Waals surface area (Å²) in [7, 11) is 0. The molecule has 1 fully saturated rings. The highest BCUT2D eigenvalue weighted by atomic mass is 35.5. The molecule has 23 heavy (non-hydrogen) atoms. The first-order chi connectivity index (χ1) is 11.2. The number of benzene rings is 2. The van der Waals surface area contributed by atoms with Gasteiger partial charge in [-0.1, -0.05) is 41.9 Å². The standard InChI is InChI=1S/C18H18ClNO2S/c1-2-22-16-6-4-3-5-15(16)18-20(17(21)12-23-18)11-13-7-9-14(19)10-8-13/h3-10,18H,2,11-12H2,1H3. The number of para-hydroxylation sites is 1. The molecule has 120 valence electrons. The first-order valence-electron chi connectivity index (χ1n) is 7.56. The first kappa shape index (κ1) is 16.2. The van der Waals surface area contributed by atoms with E-state index in [4.69, 9.17) is 16.3 Å². The Balaban J connectivity index is 1.86. The van der Waals surface area contributed by atoms with Crippen molar-refractivity contribution in [1.82, 2.24) is 4.90 Å². The summed E-state index contributed by atoms with van der Waals surface area (Å²) in [4.78, 5) is 14.2. The second-order valence-electron chi connectivity index (χ2n) is 5.28. The van der Waals surface area contributed by atoms with Gasteiger partial charge in [-0.15, -0.1) is 11.8 Å². The highest BCUT2D eigenvalue weighted by Crippen LogP contribution is 2.43. The largest absolute Gasteiger partial charge is 0.493 e. The van der Waals surface area contributed by atoms with Crippen LogP contribution in [-0.4, -0.2) is 23.2 Å². The molecule has 0 aliphatic carbocycles. The summed E-state index contributed by atoms with van der Waals surface area (Å²) in [5, 5.41) is 0.690. The molecule has 2 aromatic carbocycles. The van der Waals surface area contributed by atoms with Gasteiger partial charge in [0.2, 0.25) is 5.91 Å². The van der Waals surface area contributed by atoms with Gasteiger partial charge in [0.1, 0.15) is 11.1 Å². The topological polar surface area (TPSA) is 29.5 Å². The van der Waals surface area contributed by atoms with Crippen LogP contribution in [0.4, 0.5) is 0 Å². The van der Waals surface area contributed by atoms with E-state index in [1.54, 1.807) is 11.8 Å². The van der Waals surface area contributed by atoms with Gasteiger partial charge in [0.25, 0.3) is 0 Å². The third-order valence-corrected chi connectivity index (χ3v) is 5.21. The number of thioether (sulfide) groups is 1. The van der Waals surface area contributed by atoms with Gasteiger partial charge < -0.3 is 9.64 Å². The van der Waals surface area contributed by atoms with Gasteiger partial charge in [-0.25, -0.2) is 0 Å². The molecule has 2 aromatic rings. The van der Waals surface area contributed by atoms with Crippen LogP contribution in [0.3, 0.4) is 0 Å². The second kappa shape index (κ2) is 7.28. The molecule has 0 bridgehead atoms. The lowest BCUT2D eigenvalue weighted by atomic mass is 10.1. The van der Waals surface area contributed by atoms with Crippen LogP contribution in [0.2, 0.25) is 5.02 Å². The number of hydrogen-bond donors (Lipinski definition) is 0. The summed E-state index contributed by atoms with van der Waals surface area (Å²) in [6.45, 7) is 3.16. The van der Waals surface area contributed by atoms with Crippen molar-refractivity contribution in [3.8, 4) is 5.75 Å². The minimum absolute atomic E-state index is 0.0130. The normalized spacial score (nSPS) is 17.6. The minimum Gasteiger partial charge on any atom is -0.493 e. The fourth-order valence-electron chi connectivity index (χ4n) is 2.64. The average molecular weight is 348 g/mol. The van der Waals surface area contributed by atoms with E-state index >= 15 is 0 Å². The number of hydrogen-bond acceptors (Lipinski definition) is 3. The number of carbonyl (C=O) groups is 1. The van der Waals surface area contributed by atoms with Gasteiger partial charge >= 0.3 is 0 Å². The molecule has 0 aromatic heterocycles. The van der Waals surface area contributed by atoms with Crippen molar-refractivity contribution < 1.29 is 9.53 Å². The Morgan fingerprint density at radius 3 is 2.70 bits per heavy atom. The summed E-state index contributed by atoms with van der Waals surface area (Å²) in [5.41, 5.74) is 2.13. The maximum atomic E-state index is 12.3. The maximum Gasteiger partial charge on any atom is 0.234 e. The first-order valence-corrected chi connectivity index (χ1v) is 8.99. The number of halogens is 1. The van der Waals surface area contributed by atoms with Gasteiger partial charge in [0, 0.05) is 17.1 Å². The Morgan fingerprint density at radius 1 is 1.22 bits per heavy atom. The molecular weight excluding hydrogens is 330 g/mol. The predicted octanol–water partition coefficient (Wildman–Crippen LogP) is 4.51. The Kier molecular flexibility index (Phi) is 5.13. The number of ether oxygens (including phenoxy) is 1. The van der Waals surface area contributed by atoms with E-state index in [1.807, 2.05) is 60.4 Å². The Bertz CT molecular complexity index is 690. The molecular formula is C18H18ClNO2S. The summed E-state index contributed by atoms with van der Waals surface area (Å²) >= 11 is 7.58. The van der Waals surface area contributed by atoms with Crippen molar-refractivity contribution in [3.63, 3.8) is 0 Å². The molecule has 1 aliphatic rings. The van der Waals surface area contributed by atoms with Gasteiger partial charge in [-0.3, -0.25) is 4.79 Å². The molecule has 1 atom stereocenters. The number of amides is 1. The summed E-state index contributed by atoms with van der Waals surface area (Å²) < 4.78 is 5.73. The Morgan fingerprint density at radius 2 is 1.96 bits per heavy atom. The van der Waals surface area contributed by atoms with Crippen LogP contribution < -0.4 is 4.74 Å². The summed E-state index contributed by atoms with van der Waals surface area (Å²) in [6, 6.07) is 15.6. The monoisotopic (exact) mass is 347 g/mol. The molecule has 1 aliphatic heterocycles. The van der Waals surface area contributed by atoms with Crippen molar-refractivity contribution in [1.29, 1.82) is 0 Å². The molecule has 1 saturated heterocycles. The molecule has 0 N–H and O–H groups in total. The Hall–Kier alpha value is -1.65. The molecule has 0 saturated carbocycles. The van der Waals surface area contributed by atoms with Gasteiger partial charge in [-0.05, 0) is 30.7 Å². The molecule has 3 nitrogen and oxygen atoms in total. The van der Waals surface area contributed by atoms with Crippen LogP contribution in [0.5, 0.6) is 5.75 Å². The zero-order chi connectivity index (χ0) is 16.2. The van der Waals surface area contributed by atoms with Crippen molar-refractivity contribution in [2.45, 2.75) is 18.8 Å². The van der Waals surface area contributed by atoms with E-state index in [1.165, 1.54) is 0 Å². The quantitative estimate of drug-likeness (QED) is 0.796. The van der Waals surface area contributed by atoms with Crippen LogP contribution in [-0.2, 0) is 11.3 Å². The summed E-state index contributed by atoms with van der Waals surface area (Å²) in [5.74, 6) is 1.50. The molecule has 0 radical (unpaired) electrons. The van der Waals surface area contributed by atoms with E-state index in [0.29, 0.717) is 23.9 Å². The maximum absolute atomic E-state index is 12.3. The lowest BCUT2D eigenvalue weighted by molar-refractivity contribution is -0.128. The molecule has 5 heteroatoms. The molecule has 1 unspecified atom stereocenters. The number of rotatable bonds is 5. The molecule has 0 spiro atoms. The van der Waals surface area contributed by atoms with E-state index in [0.717, 1.165) is 16.9 Å². The summed E-state index contributed by atoms with van der Waals surface area (Å²) in [6.07, 6.45) is 0. The molecule has 1 amide bonds.